The number of hydrogen-bond acceptors (Lipinski definition) is 8. The maximum Gasteiger partial charge on any atom is 0.241 e. The van der Waals surface area contributed by atoms with E-state index in [4.69, 9.17) is 41.9 Å². The number of hydrogen-bond donors (Lipinski definition) is 1. The highest BCUT2D eigenvalue weighted by atomic mass is 35.5. The van der Waals surface area contributed by atoms with Gasteiger partial charge in [0.25, 0.3) is 0 Å². The maximum absolute atomic E-state index is 13.0. The fraction of sp³-hybridized carbons (Fsp3) is 0.400. The van der Waals surface area contributed by atoms with Crippen molar-refractivity contribution in [1.82, 2.24) is 20.4 Å². The van der Waals surface area contributed by atoms with Crippen LogP contribution < -0.4 is 19.5 Å². The zero-order valence-electron chi connectivity index (χ0n) is 20.3. The highest BCUT2D eigenvalue weighted by Gasteiger charge is 2.27. The SMILES string of the molecule is COc1cc(CNC(=O)C2CCCN(Cc3nc(-c4ccc(Cl)cc4Cl)no3)C2)cc(OC)c1OC. The van der Waals surface area contributed by atoms with E-state index in [1.807, 2.05) is 12.1 Å². The minimum absolute atomic E-state index is 0.00684. The third-order valence-electron chi connectivity index (χ3n) is 6.07. The van der Waals surface area contributed by atoms with E-state index >= 15 is 0 Å². The van der Waals surface area contributed by atoms with E-state index in [0.29, 0.717) is 64.2 Å². The van der Waals surface area contributed by atoms with Gasteiger partial charge in [0.15, 0.2) is 11.5 Å². The summed E-state index contributed by atoms with van der Waals surface area (Å²) < 4.78 is 21.6. The number of amides is 1. The first kappa shape index (κ1) is 26.1. The van der Waals surface area contributed by atoms with Gasteiger partial charge in [-0.2, -0.15) is 4.98 Å². The van der Waals surface area contributed by atoms with Crippen molar-refractivity contribution in [2.75, 3.05) is 34.4 Å². The van der Waals surface area contributed by atoms with Gasteiger partial charge in [-0.05, 0) is 55.3 Å². The van der Waals surface area contributed by atoms with Gasteiger partial charge in [0.05, 0.1) is 38.8 Å². The van der Waals surface area contributed by atoms with Crippen LogP contribution in [0.4, 0.5) is 0 Å². The van der Waals surface area contributed by atoms with Crippen molar-refractivity contribution >= 4 is 29.1 Å². The van der Waals surface area contributed by atoms with Crippen LogP contribution >= 0.6 is 23.2 Å². The molecule has 4 rings (SSSR count). The quantitative estimate of drug-likeness (QED) is 0.425. The predicted molar refractivity (Wildman–Crippen MR) is 136 cm³/mol. The topological polar surface area (TPSA) is 99.0 Å². The lowest BCUT2D eigenvalue weighted by Crippen LogP contribution is -2.42. The summed E-state index contributed by atoms with van der Waals surface area (Å²) in [4.78, 5) is 19.6. The number of aromatic nitrogens is 2. The van der Waals surface area contributed by atoms with Crippen molar-refractivity contribution in [1.29, 1.82) is 0 Å². The van der Waals surface area contributed by atoms with Gasteiger partial charge in [-0.1, -0.05) is 28.4 Å². The van der Waals surface area contributed by atoms with Crippen LogP contribution in [0.15, 0.2) is 34.9 Å². The van der Waals surface area contributed by atoms with Crippen molar-refractivity contribution in [3.8, 4) is 28.6 Å². The standard InChI is InChI=1S/C25H28Cl2N4O5/c1-33-20-9-15(10-21(34-2)23(20)35-3)12-28-25(32)16-5-4-8-31(13-16)14-22-29-24(30-36-22)18-7-6-17(26)11-19(18)27/h6-7,9-11,16H,4-5,8,12-14H2,1-3H3,(H,28,32). The van der Waals surface area contributed by atoms with Crippen LogP contribution in [0, 0.1) is 5.92 Å². The Morgan fingerprint density at radius 1 is 1.14 bits per heavy atom. The number of nitrogens with zero attached hydrogens (tertiary/aromatic N) is 3. The number of methoxy groups -OCH3 is 3. The molecule has 0 saturated carbocycles. The summed E-state index contributed by atoms with van der Waals surface area (Å²) in [6, 6.07) is 8.78. The zero-order chi connectivity index (χ0) is 25.7. The average molecular weight is 535 g/mol. The third-order valence-corrected chi connectivity index (χ3v) is 6.61. The Hall–Kier alpha value is -3.01. The molecular formula is C25H28Cl2N4O5. The van der Waals surface area contributed by atoms with Gasteiger partial charge in [0.1, 0.15) is 0 Å². The van der Waals surface area contributed by atoms with E-state index < -0.39 is 0 Å². The maximum atomic E-state index is 13.0. The molecule has 0 aliphatic carbocycles. The van der Waals surface area contributed by atoms with E-state index in [2.05, 4.69) is 20.4 Å². The Kier molecular flexibility index (Phi) is 8.56. The lowest BCUT2D eigenvalue weighted by atomic mass is 9.97. The van der Waals surface area contributed by atoms with Crippen molar-refractivity contribution in [2.24, 2.45) is 5.92 Å². The first-order chi connectivity index (χ1) is 17.4. The molecule has 1 saturated heterocycles. The van der Waals surface area contributed by atoms with Crippen molar-refractivity contribution in [3.05, 3.63) is 51.8 Å². The number of likely N-dealkylation sites (tertiary alicyclic amines) is 1. The Morgan fingerprint density at radius 3 is 2.56 bits per heavy atom. The summed E-state index contributed by atoms with van der Waals surface area (Å²) in [6.07, 6.45) is 1.71. The molecule has 1 amide bonds. The molecule has 3 aromatic rings. The fourth-order valence-electron chi connectivity index (χ4n) is 4.27. The molecule has 1 aliphatic rings. The molecule has 0 bridgehead atoms. The third kappa shape index (κ3) is 6.03. The summed E-state index contributed by atoms with van der Waals surface area (Å²) in [7, 11) is 4.68. The van der Waals surface area contributed by atoms with Crippen LogP contribution in [0.3, 0.4) is 0 Å². The molecule has 36 heavy (non-hydrogen) atoms. The number of halogens is 2. The Bertz CT molecular complexity index is 1190. The molecule has 2 heterocycles. The molecule has 2 aromatic carbocycles. The second kappa shape index (κ2) is 11.8. The van der Waals surface area contributed by atoms with E-state index in [0.717, 1.165) is 24.9 Å². The number of ether oxygens (including phenoxy) is 3. The van der Waals surface area contributed by atoms with Gasteiger partial charge < -0.3 is 24.1 Å². The van der Waals surface area contributed by atoms with E-state index in [1.165, 1.54) is 0 Å². The van der Waals surface area contributed by atoms with Crippen molar-refractivity contribution < 1.29 is 23.5 Å². The van der Waals surface area contributed by atoms with Crippen LogP contribution in [0.25, 0.3) is 11.4 Å². The second-order valence-electron chi connectivity index (χ2n) is 8.46. The highest BCUT2D eigenvalue weighted by Crippen LogP contribution is 2.38. The number of carbonyl (C=O) groups is 1. The lowest BCUT2D eigenvalue weighted by molar-refractivity contribution is -0.127. The molecule has 0 radical (unpaired) electrons. The van der Waals surface area contributed by atoms with Crippen LogP contribution in [-0.4, -0.2) is 55.4 Å². The van der Waals surface area contributed by atoms with Gasteiger partial charge >= 0.3 is 0 Å². The minimum atomic E-state index is -0.145. The van der Waals surface area contributed by atoms with Gasteiger partial charge in [-0.3, -0.25) is 9.69 Å². The first-order valence-corrected chi connectivity index (χ1v) is 12.2. The van der Waals surface area contributed by atoms with Crippen LogP contribution in [-0.2, 0) is 17.9 Å². The molecular weight excluding hydrogens is 507 g/mol. The molecule has 9 nitrogen and oxygen atoms in total. The lowest BCUT2D eigenvalue weighted by Gasteiger charge is -2.30. The fourth-order valence-corrected chi connectivity index (χ4v) is 4.77. The average Bonchev–Trinajstić information content (AvgIpc) is 3.34. The van der Waals surface area contributed by atoms with Crippen LogP contribution in [0.1, 0.15) is 24.3 Å². The molecule has 1 aliphatic heterocycles. The van der Waals surface area contributed by atoms with Crippen molar-refractivity contribution in [3.63, 3.8) is 0 Å². The van der Waals surface area contributed by atoms with Crippen molar-refractivity contribution in [2.45, 2.75) is 25.9 Å². The summed E-state index contributed by atoms with van der Waals surface area (Å²) >= 11 is 12.2. The predicted octanol–water partition coefficient (Wildman–Crippen LogP) is 4.60. The summed E-state index contributed by atoms with van der Waals surface area (Å²) in [5, 5.41) is 8.08. The smallest absolute Gasteiger partial charge is 0.241 e. The normalized spacial score (nSPS) is 16.0. The number of nitrogens with one attached hydrogen (secondary N) is 1. The zero-order valence-corrected chi connectivity index (χ0v) is 21.9. The van der Waals surface area contributed by atoms with Gasteiger partial charge in [-0.15, -0.1) is 0 Å². The van der Waals surface area contributed by atoms with E-state index in [-0.39, 0.29) is 11.8 Å². The number of carbonyl (C=O) groups excluding carboxylic acids is 1. The number of piperidine rings is 1. The molecule has 1 unspecified atom stereocenters. The molecule has 1 fully saturated rings. The molecule has 192 valence electrons. The van der Waals surface area contributed by atoms with Crippen LogP contribution in [0.5, 0.6) is 17.2 Å². The van der Waals surface area contributed by atoms with Gasteiger partial charge in [0.2, 0.25) is 23.4 Å². The minimum Gasteiger partial charge on any atom is -0.493 e. The first-order valence-electron chi connectivity index (χ1n) is 11.5. The highest BCUT2D eigenvalue weighted by molar-refractivity contribution is 6.36. The van der Waals surface area contributed by atoms with Gasteiger partial charge in [-0.25, -0.2) is 0 Å². The molecule has 1 N–H and O–H groups in total. The Morgan fingerprint density at radius 2 is 1.89 bits per heavy atom. The summed E-state index contributed by atoms with van der Waals surface area (Å²) in [5.74, 6) is 2.33. The number of benzene rings is 2. The van der Waals surface area contributed by atoms with E-state index in [1.54, 1.807) is 39.5 Å². The van der Waals surface area contributed by atoms with Gasteiger partial charge in [0, 0.05) is 23.7 Å². The largest absolute Gasteiger partial charge is 0.493 e. The molecule has 1 atom stereocenters. The van der Waals surface area contributed by atoms with E-state index in [9.17, 15) is 4.79 Å². The van der Waals surface area contributed by atoms with Crippen LogP contribution in [0.2, 0.25) is 10.0 Å². The molecule has 11 heteroatoms. The molecule has 0 spiro atoms. The Balaban J connectivity index is 1.35. The second-order valence-corrected chi connectivity index (χ2v) is 9.31. The monoisotopic (exact) mass is 534 g/mol. The Labute approximate surface area is 219 Å². The number of rotatable bonds is 9. The summed E-state index contributed by atoms with van der Waals surface area (Å²) in [5.41, 5.74) is 1.50. The molecule has 1 aromatic heterocycles. The summed E-state index contributed by atoms with van der Waals surface area (Å²) in [6.45, 7) is 2.24.